The van der Waals surface area contributed by atoms with Crippen LogP contribution in [0.5, 0.6) is 0 Å². The molecule has 0 saturated heterocycles. The molecule has 1 N–H and O–H groups in total. The lowest BCUT2D eigenvalue weighted by atomic mass is 9.79. The van der Waals surface area contributed by atoms with Gasteiger partial charge in [-0.05, 0) is 208 Å². The Bertz CT molecular complexity index is 2620. The molecule has 0 saturated carbocycles. The van der Waals surface area contributed by atoms with Gasteiger partial charge in [0, 0.05) is 11.4 Å². The molecule has 0 spiro atoms. The van der Waals surface area contributed by atoms with Gasteiger partial charge in [-0.2, -0.15) is 0 Å². The topological polar surface area (TPSA) is 12.0 Å². The highest BCUT2D eigenvalue weighted by atomic mass is 32.2. The van der Waals surface area contributed by atoms with Crippen molar-refractivity contribution in [1.29, 1.82) is 0 Å². The Morgan fingerprint density at radius 2 is 0.692 bits per heavy atom. The molecule has 8 aromatic carbocycles. The SMILES string of the molecule is Cc1cccc(C)c1-c1cccc(-c2c(C)cccc2C)c1Cc1cc(C(C)(C)C)cc(Cc2c(-c3c(C)cccc3C)cccc2-c2c(C)cccc2C)c1SNCc1ccccc1. The van der Waals surface area contributed by atoms with Crippen molar-refractivity contribution in [2.24, 2.45) is 0 Å². The maximum atomic E-state index is 3.90. The number of hydrogen-bond acceptors (Lipinski definition) is 2. The van der Waals surface area contributed by atoms with Crippen LogP contribution in [0.15, 0.2) is 157 Å². The van der Waals surface area contributed by atoms with Crippen LogP contribution in [-0.4, -0.2) is 0 Å². The average molecular weight is 868 g/mol. The summed E-state index contributed by atoms with van der Waals surface area (Å²) in [5.41, 5.74) is 29.0. The van der Waals surface area contributed by atoms with Crippen molar-refractivity contribution in [2.75, 3.05) is 0 Å². The summed E-state index contributed by atoms with van der Waals surface area (Å²) in [4.78, 5) is 1.31. The van der Waals surface area contributed by atoms with E-state index < -0.39 is 0 Å². The van der Waals surface area contributed by atoms with E-state index in [1.54, 1.807) is 0 Å². The zero-order valence-corrected chi connectivity index (χ0v) is 41.3. The van der Waals surface area contributed by atoms with E-state index in [0.29, 0.717) is 0 Å². The number of nitrogens with one attached hydrogen (secondary N) is 1. The van der Waals surface area contributed by atoms with E-state index in [4.69, 9.17) is 0 Å². The van der Waals surface area contributed by atoms with Crippen LogP contribution in [0.3, 0.4) is 0 Å². The smallest absolute Gasteiger partial charge is 0.0313 e. The third kappa shape index (κ3) is 9.58. The second-order valence-corrected chi connectivity index (χ2v) is 20.3. The van der Waals surface area contributed by atoms with Crippen molar-refractivity contribution >= 4 is 11.9 Å². The van der Waals surface area contributed by atoms with Gasteiger partial charge < -0.3 is 0 Å². The van der Waals surface area contributed by atoms with Crippen LogP contribution < -0.4 is 4.72 Å². The Labute approximate surface area is 394 Å². The molecule has 0 radical (unpaired) electrons. The molecule has 0 aliphatic rings. The first kappa shape index (κ1) is 45.6. The lowest BCUT2D eigenvalue weighted by molar-refractivity contribution is 0.587. The molecule has 0 aromatic heterocycles. The molecule has 0 aliphatic heterocycles. The highest BCUT2D eigenvalue weighted by Crippen LogP contribution is 2.45. The van der Waals surface area contributed by atoms with E-state index >= 15 is 0 Å². The Morgan fingerprint density at radius 3 is 1.00 bits per heavy atom. The fourth-order valence-corrected chi connectivity index (χ4v) is 11.1. The molecule has 0 amide bonds. The Morgan fingerprint density at radius 1 is 0.385 bits per heavy atom. The van der Waals surface area contributed by atoms with Gasteiger partial charge in [-0.1, -0.05) is 172 Å². The zero-order chi connectivity index (χ0) is 46.0. The van der Waals surface area contributed by atoms with E-state index in [2.05, 4.69) is 233 Å². The maximum Gasteiger partial charge on any atom is 0.0313 e. The minimum Gasteiger partial charge on any atom is -0.255 e. The largest absolute Gasteiger partial charge is 0.255 e. The molecule has 0 fully saturated rings. The maximum absolute atomic E-state index is 3.90. The van der Waals surface area contributed by atoms with Gasteiger partial charge in [0.2, 0.25) is 0 Å². The monoisotopic (exact) mass is 867 g/mol. The summed E-state index contributed by atoms with van der Waals surface area (Å²) in [7, 11) is 0. The van der Waals surface area contributed by atoms with Crippen LogP contribution in [0.25, 0.3) is 44.5 Å². The first-order valence-corrected chi connectivity index (χ1v) is 24.1. The Balaban J connectivity index is 1.43. The normalized spacial score (nSPS) is 11.6. The highest BCUT2D eigenvalue weighted by Gasteiger charge is 2.26. The van der Waals surface area contributed by atoms with Gasteiger partial charge in [-0.25, -0.2) is 0 Å². The molecule has 8 rings (SSSR count). The summed E-state index contributed by atoms with van der Waals surface area (Å²) in [6, 6.07) is 56.8. The molecular formula is C63H65NS. The lowest BCUT2D eigenvalue weighted by Crippen LogP contribution is -2.15. The summed E-state index contributed by atoms with van der Waals surface area (Å²) in [6.07, 6.45) is 1.56. The van der Waals surface area contributed by atoms with Crippen molar-refractivity contribution in [2.45, 2.75) is 106 Å². The average Bonchev–Trinajstić information content (AvgIpc) is 3.26. The van der Waals surface area contributed by atoms with E-state index in [9.17, 15) is 0 Å². The fraction of sp³-hybridized carbons (Fsp3) is 0.238. The third-order valence-corrected chi connectivity index (χ3v) is 14.5. The van der Waals surface area contributed by atoms with Gasteiger partial charge in [-0.3, -0.25) is 4.72 Å². The predicted molar refractivity (Wildman–Crippen MR) is 282 cm³/mol. The first-order valence-electron chi connectivity index (χ1n) is 23.3. The molecule has 8 aromatic rings. The lowest BCUT2D eigenvalue weighted by Gasteiger charge is -2.27. The van der Waals surface area contributed by atoms with Crippen molar-refractivity contribution in [3.63, 3.8) is 0 Å². The standard InChI is InChI=1S/C63H65NS/c1-40-21-15-22-41(2)58(40)52-31-19-32-53(59-42(3)23-16-24-43(59)4)56(52)37-49-35-51(63(9,10)11)36-50(62(49)65-64-39-48-29-13-12-14-30-48)38-57-54(60-44(5)25-17-26-45(60)6)33-20-34-55(57)61-46(7)27-18-28-47(61)8/h12-36,64H,37-39H2,1-11H3. The van der Waals surface area contributed by atoms with Crippen LogP contribution in [-0.2, 0) is 24.8 Å². The third-order valence-electron chi connectivity index (χ3n) is 13.5. The molecule has 328 valence electrons. The molecule has 0 bridgehead atoms. The Kier molecular flexibility index (Phi) is 13.5. The van der Waals surface area contributed by atoms with Gasteiger partial charge in [0.1, 0.15) is 0 Å². The molecule has 65 heavy (non-hydrogen) atoms. The number of aryl methyl sites for hydroxylation is 8. The first-order chi connectivity index (χ1) is 31.2. The molecule has 0 aliphatic carbocycles. The van der Waals surface area contributed by atoms with Crippen molar-refractivity contribution in [1.82, 2.24) is 4.72 Å². The van der Waals surface area contributed by atoms with Gasteiger partial charge in [0.05, 0.1) is 0 Å². The number of benzene rings is 8. The Hall–Kier alpha value is -5.93. The zero-order valence-electron chi connectivity index (χ0n) is 40.5. The summed E-state index contributed by atoms with van der Waals surface area (Å²) < 4.78 is 3.90. The second kappa shape index (κ2) is 19.3. The molecule has 0 atom stereocenters. The number of rotatable bonds is 12. The molecule has 1 nitrogen and oxygen atoms in total. The minimum absolute atomic E-state index is 0.0900. The minimum atomic E-state index is -0.0900. The predicted octanol–water partition coefficient (Wildman–Crippen LogP) is 17.1. The fourth-order valence-electron chi connectivity index (χ4n) is 10.2. The van der Waals surface area contributed by atoms with E-state index in [1.165, 1.54) is 127 Å². The van der Waals surface area contributed by atoms with E-state index in [0.717, 1.165) is 19.4 Å². The summed E-state index contributed by atoms with van der Waals surface area (Å²) >= 11 is 1.81. The quantitative estimate of drug-likeness (QED) is 0.123. The summed E-state index contributed by atoms with van der Waals surface area (Å²) in [5, 5.41) is 0. The van der Waals surface area contributed by atoms with Crippen LogP contribution in [0, 0.1) is 55.4 Å². The van der Waals surface area contributed by atoms with Crippen molar-refractivity contribution in [3.8, 4) is 44.5 Å². The highest BCUT2D eigenvalue weighted by molar-refractivity contribution is 7.97. The molecular weight excluding hydrogens is 803 g/mol. The van der Waals surface area contributed by atoms with E-state index in [1.807, 2.05) is 11.9 Å². The molecule has 0 unspecified atom stereocenters. The molecule has 2 heteroatoms. The van der Waals surface area contributed by atoms with Crippen LogP contribution >= 0.6 is 11.9 Å². The van der Waals surface area contributed by atoms with Gasteiger partial charge in [-0.15, -0.1) is 0 Å². The van der Waals surface area contributed by atoms with Crippen molar-refractivity contribution in [3.05, 3.63) is 230 Å². The van der Waals surface area contributed by atoms with Crippen LogP contribution in [0.1, 0.15) is 98.7 Å². The van der Waals surface area contributed by atoms with Crippen LogP contribution in [0.2, 0.25) is 0 Å². The van der Waals surface area contributed by atoms with Gasteiger partial charge in [0.25, 0.3) is 0 Å². The van der Waals surface area contributed by atoms with Gasteiger partial charge >= 0.3 is 0 Å². The van der Waals surface area contributed by atoms with Gasteiger partial charge in [0.15, 0.2) is 0 Å². The second-order valence-electron chi connectivity index (χ2n) is 19.4. The summed E-state index contributed by atoms with van der Waals surface area (Å²) in [6.45, 7) is 26.0. The van der Waals surface area contributed by atoms with E-state index in [-0.39, 0.29) is 5.41 Å². The molecule has 0 heterocycles. The summed E-state index contributed by atoms with van der Waals surface area (Å²) in [5.74, 6) is 0. The van der Waals surface area contributed by atoms with Crippen LogP contribution in [0.4, 0.5) is 0 Å². The number of hydrogen-bond donors (Lipinski definition) is 1. The van der Waals surface area contributed by atoms with Crippen molar-refractivity contribution < 1.29 is 0 Å².